The Balaban J connectivity index is 0.000000736. The summed E-state index contributed by atoms with van der Waals surface area (Å²) in [5, 5.41) is 5.59. The molecule has 0 radical (unpaired) electrons. The van der Waals surface area contributed by atoms with Crippen molar-refractivity contribution in [3.63, 3.8) is 0 Å². The van der Waals surface area contributed by atoms with Crippen LogP contribution >= 0.6 is 0 Å². The number of carbonyl (C=O) groups excluding carboxylic acids is 2. The van der Waals surface area contributed by atoms with E-state index in [0.29, 0.717) is 17.9 Å². The standard InChI is InChI=1S/C24H23FN2O3.C7H10.2H2/c1-16-8-13-20(22(14-16)30-2)26-24(29)21(15-17-6-4-3-5-7-17)27-23(28)18-9-11-19(25)12-10-18;1-7-5-3-2-4-6-7;;/h3-14,21H,15H2,1-2H3,(H,26,29)(H,27,28);2,6-7H,3,5H2,1H3;2*1H/t21-;7-;;/m00../s1. The highest BCUT2D eigenvalue weighted by molar-refractivity contribution is 6.01. The maximum atomic E-state index is 13.2. The Morgan fingerprint density at radius 2 is 1.84 bits per heavy atom. The van der Waals surface area contributed by atoms with Gasteiger partial charge in [-0.15, -0.1) is 5.73 Å². The van der Waals surface area contributed by atoms with Crippen LogP contribution in [0.2, 0.25) is 0 Å². The summed E-state index contributed by atoms with van der Waals surface area (Å²) in [6.45, 7) is 4.15. The van der Waals surface area contributed by atoms with Crippen molar-refractivity contribution in [1.82, 2.24) is 5.32 Å². The maximum Gasteiger partial charge on any atom is 0.251 e. The third kappa shape index (κ3) is 8.78. The number of hydrogen-bond acceptors (Lipinski definition) is 3. The molecule has 0 spiro atoms. The zero-order valence-corrected chi connectivity index (χ0v) is 21.5. The quantitative estimate of drug-likeness (QED) is 0.350. The molecule has 2 amide bonds. The lowest BCUT2D eigenvalue weighted by atomic mass is 10.0. The maximum absolute atomic E-state index is 13.2. The third-order valence-corrected chi connectivity index (χ3v) is 5.89. The second-order valence-corrected chi connectivity index (χ2v) is 9.01. The summed E-state index contributed by atoms with van der Waals surface area (Å²) in [6, 6.07) is 19.2. The van der Waals surface area contributed by atoms with Gasteiger partial charge < -0.3 is 15.4 Å². The van der Waals surface area contributed by atoms with E-state index in [0.717, 1.165) is 17.0 Å². The summed E-state index contributed by atoms with van der Waals surface area (Å²) in [4.78, 5) is 25.7. The van der Waals surface area contributed by atoms with E-state index in [2.05, 4.69) is 35.4 Å². The number of aryl methyl sites for hydroxylation is 1. The average Bonchev–Trinajstić information content (AvgIpc) is 2.91. The Hall–Kier alpha value is -4.15. The van der Waals surface area contributed by atoms with Crippen molar-refractivity contribution in [2.45, 2.75) is 39.2 Å². The van der Waals surface area contributed by atoms with Gasteiger partial charge in [0.15, 0.2) is 0 Å². The summed E-state index contributed by atoms with van der Waals surface area (Å²) >= 11 is 0. The number of allylic oxidation sites excluding steroid dienone is 1. The van der Waals surface area contributed by atoms with Crippen LogP contribution in [-0.2, 0) is 11.2 Å². The van der Waals surface area contributed by atoms with E-state index in [-0.39, 0.29) is 14.3 Å². The minimum absolute atomic E-state index is 0. The smallest absolute Gasteiger partial charge is 0.251 e. The number of benzene rings is 3. The minimum atomic E-state index is -0.837. The number of anilines is 1. The number of hydrogen-bond donors (Lipinski definition) is 2. The summed E-state index contributed by atoms with van der Waals surface area (Å²) in [5.74, 6) is 0.0340. The highest BCUT2D eigenvalue weighted by Gasteiger charge is 2.23. The van der Waals surface area contributed by atoms with Crippen LogP contribution in [0.1, 0.15) is 44.1 Å². The van der Waals surface area contributed by atoms with Crippen LogP contribution in [0.3, 0.4) is 0 Å². The molecule has 196 valence electrons. The van der Waals surface area contributed by atoms with E-state index in [1.807, 2.05) is 49.4 Å². The molecular weight excluding hydrogens is 467 g/mol. The second-order valence-electron chi connectivity index (χ2n) is 9.01. The highest BCUT2D eigenvalue weighted by atomic mass is 19.1. The van der Waals surface area contributed by atoms with E-state index >= 15 is 0 Å². The molecule has 0 fully saturated rings. The lowest BCUT2D eigenvalue weighted by molar-refractivity contribution is -0.118. The Morgan fingerprint density at radius 1 is 1.11 bits per heavy atom. The predicted molar refractivity (Wildman–Crippen MR) is 149 cm³/mol. The molecular formula is C31H37FN2O3. The van der Waals surface area contributed by atoms with Crippen LogP contribution in [0.5, 0.6) is 5.75 Å². The first-order valence-corrected chi connectivity index (χ1v) is 12.3. The summed E-state index contributed by atoms with van der Waals surface area (Å²) in [7, 11) is 1.53. The van der Waals surface area contributed by atoms with E-state index in [4.69, 9.17) is 4.74 Å². The average molecular weight is 505 g/mol. The fourth-order valence-electron chi connectivity index (χ4n) is 3.77. The molecule has 3 aromatic carbocycles. The van der Waals surface area contributed by atoms with Gasteiger partial charge >= 0.3 is 0 Å². The SMILES string of the molecule is COc1cc(C)ccc1NC(=O)[C@H](Cc1ccccc1)NC(=O)c1ccc(F)cc1.C[C@@H]1C=C=CCC1.[HH].[HH]. The van der Waals surface area contributed by atoms with Gasteiger partial charge in [-0.3, -0.25) is 9.59 Å². The van der Waals surface area contributed by atoms with Gasteiger partial charge in [-0.1, -0.05) is 43.3 Å². The topological polar surface area (TPSA) is 67.4 Å². The largest absolute Gasteiger partial charge is 0.495 e. The molecule has 6 heteroatoms. The fraction of sp³-hybridized carbons (Fsp3) is 0.258. The molecule has 1 aliphatic carbocycles. The van der Waals surface area contributed by atoms with Gasteiger partial charge in [0, 0.05) is 14.8 Å². The third-order valence-electron chi connectivity index (χ3n) is 5.89. The molecule has 4 rings (SSSR count). The van der Waals surface area contributed by atoms with E-state index in [1.54, 1.807) is 6.07 Å². The van der Waals surface area contributed by atoms with Crippen LogP contribution in [0.4, 0.5) is 10.1 Å². The number of halogens is 1. The Labute approximate surface area is 221 Å². The summed E-state index contributed by atoms with van der Waals surface area (Å²) in [5.41, 5.74) is 5.77. The number of amides is 2. The van der Waals surface area contributed by atoms with Gasteiger partial charge in [0.2, 0.25) is 5.91 Å². The molecule has 0 heterocycles. The van der Waals surface area contributed by atoms with Gasteiger partial charge in [0.25, 0.3) is 5.91 Å². The first-order valence-electron chi connectivity index (χ1n) is 12.3. The van der Waals surface area contributed by atoms with Crippen LogP contribution in [0.25, 0.3) is 0 Å². The second kappa shape index (κ2) is 13.8. The molecule has 2 atom stereocenters. The molecule has 0 aromatic heterocycles. The normalized spacial score (nSPS) is 14.6. The summed E-state index contributed by atoms with van der Waals surface area (Å²) < 4.78 is 18.5. The Kier molecular flexibility index (Phi) is 10.2. The predicted octanol–water partition coefficient (Wildman–Crippen LogP) is 6.74. The molecule has 0 unspecified atom stereocenters. The molecule has 1 aliphatic rings. The van der Waals surface area contributed by atoms with Crippen molar-refractivity contribution in [1.29, 1.82) is 0 Å². The molecule has 0 saturated carbocycles. The molecule has 0 saturated heterocycles. The summed E-state index contributed by atoms with van der Waals surface area (Å²) in [6.07, 6.45) is 7.06. The van der Waals surface area contributed by atoms with Gasteiger partial charge in [-0.25, -0.2) is 4.39 Å². The van der Waals surface area contributed by atoms with Crippen LogP contribution in [0.15, 0.2) is 90.7 Å². The number of ether oxygens (including phenoxy) is 1. The lowest BCUT2D eigenvalue weighted by Gasteiger charge is -2.20. The van der Waals surface area contributed by atoms with Crippen molar-refractivity contribution in [3.8, 4) is 5.75 Å². The molecule has 5 nitrogen and oxygen atoms in total. The molecule has 3 aromatic rings. The van der Waals surface area contributed by atoms with Crippen LogP contribution in [-0.4, -0.2) is 25.0 Å². The van der Waals surface area contributed by atoms with Gasteiger partial charge in [0.1, 0.15) is 17.6 Å². The first kappa shape index (κ1) is 27.4. The van der Waals surface area contributed by atoms with Crippen molar-refractivity contribution < 1.29 is 21.6 Å². The number of rotatable bonds is 7. The molecule has 37 heavy (non-hydrogen) atoms. The van der Waals surface area contributed by atoms with Gasteiger partial charge in [-0.2, -0.15) is 0 Å². The van der Waals surface area contributed by atoms with Crippen molar-refractivity contribution in [2.24, 2.45) is 5.92 Å². The van der Waals surface area contributed by atoms with Gasteiger partial charge in [0.05, 0.1) is 12.8 Å². The molecule has 0 aliphatic heterocycles. The van der Waals surface area contributed by atoms with Crippen molar-refractivity contribution in [2.75, 3.05) is 12.4 Å². The Bertz CT molecular complexity index is 1260. The number of carbonyl (C=O) groups is 2. The van der Waals surface area contributed by atoms with E-state index in [1.165, 1.54) is 44.2 Å². The molecule has 2 N–H and O–H groups in total. The van der Waals surface area contributed by atoms with Crippen LogP contribution in [0, 0.1) is 18.7 Å². The lowest BCUT2D eigenvalue weighted by Crippen LogP contribution is -2.45. The zero-order chi connectivity index (χ0) is 26.6. The minimum Gasteiger partial charge on any atom is -0.495 e. The molecule has 0 bridgehead atoms. The van der Waals surface area contributed by atoms with E-state index in [9.17, 15) is 14.0 Å². The fourth-order valence-corrected chi connectivity index (χ4v) is 3.77. The first-order chi connectivity index (χ1) is 17.9. The van der Waals surface area contributed by atoms with Crippen molar-refractivity contribution >= 4 is 17.5 Å². The van der Waals surface area contributed by atoms with Crippen LogP contribution < -0.4 is 15.4 Å². The highest BCUT2D eigenvalue weighted by Crippen LogP contribution is 2.25. The van der Waals surface area contributed by atoms with Crippen molar-refractivity contribution in [3.05, 3.63) is 113 Å². The van der Waals surface area contributed by atoms with E-state index < -0.39 is 17.8 Å². The Morgan fingerprint density at radius 3 is 2.43 bits per heavy atom. The van der Waals surface area contributed by atoms with Gasteiger partial charge in [-0.05, 0) is 85.4 Å². The number of methoxy groups -OCH3 is 1. The number of nitrogens with one attached hydrogen (secondary N) is 2. The zero-order valence-electron chi connectivity index (χ0n) is 21.5. The monoisotopic (exact) mass is 504 g/mol.